The van der Waals surface area contributed by atoms with E-state index in [1.807, 2.05) is 18.2 Å². The summed E-state index contributed by atoms with van der Waals surface area (Å²) in [5, 5.41) is 15.6. The van der Waals surface area contributed by atoms with Crippen LogP contribution in [0.4, 0.5) is 5.69 Å². The number of piperazine rings is 1. The van der Waals surface area contributed by atoms with E-state index in [9.17, 15) is 19.2 Å². The number of aryl methyl sites for hydroxylation is 1. The average Bonchev–Trinajstić information content (AvgIpc) is 3.63. The van der Waals surface area contributed by atoms with E-state index in [0.29, 0.717) is 24.3 Å². The SMILES string of the molecule is COc1ccccc1N1CCN(CC2(Cn3c(=O)[nH]cc(C)c3=O)CC2)CC1.O=C(O)C=CC(=O)O. The zero-order chi connectivity index (χ0) is 26.3. The normalized spacial score (nSPS) is 16.8. The van der Waals surface area contributed by atoms with Gasteiger partial charge in [-0.15, -0.1) is 0 Å². The van der Waals surface area contributed by atoms with Crippen molar-refractivity contribution in [3.8, 4) is 5.75 Å². The summed E-state index contributed by atoms with van der Waals surface area (Å²) < 4.78 is 6.88. The van der Waals surface area contributed by atoms with Gasteiger partial charge in [0.2, 0.25) is 0 Å². The summed E-state index contributed by atoms with van der Waals surface area (Å²) in [5.41, 5.74) is 1.31. The highest BCUT2D eigenvalue weighted by Crippen LogP contribution is 2.47. The maximum Gasteiger partial charge on any atom is 0.328 e. The van der Waals surface area contributed by atoms with Crippen LogP contribution in [-0.4, -0.2) is 76.4 Å². The Morgan fingerprint density at radius 2 is 1.64 bits per heavy atom. The molecule has 0 unspecified atom stereocenters. The number of hydrogen-bond donors (Lipinski definition) is 3. The van der Waals surface area contributed by atoms with Gasteiger partial charge in [-0.05, 0) is 31.9 Å². The lowest BCUT2D eigenvalue weighted by molar-refractivity contribution is -0.134. The van der Waals surface area contributed by atoms with E-state index in [2.05, 4.69) is 20.9 Å². The molecular formula is C25H32N4O7. The van der Waals surface area contributed by atoms with Gasteiger partial charge in [-0.25, -0.2) is 14.4 Å². The first-order chi connectivity index (χ1) is 17.1. The second-order valence-corrected chi connectivity index (χ2v) is 9.11. The molecule has 1 saturated heterocycles. The molecule has 3 N–H and O–H groups in total. The molecule has 0 atom stereocenters. The summed E-state index contributed by atoms with van der Waals surface area (Å²) in [7, 11) is 1.71. The highest BCUT2D eigenvalue weighted by atomic mass is 16.5. The van der Waals surface area contributed by atoms with Gasteiger partial charge in [0, 0.05) is 68.6 Å². The summed E-state index contributed by atoms with van der Waals surface area (Å²) in [6, 6.07) is 8.14. The van der Waals surface area contributed by atoms with Crippen LogP contribution in [0, 0.1) is 12.3 Å². The van der Waals surface area contributed by atoms with E-state index in [4.69, 9.17) is 14.9 Å². The number of nitrogens with zero attached hydrogens (tertiary/aromatic N) is 3. The molecule has 0 bridgehead atoms. The van der Waals surface area contributed by atoms with Crippen LogP contribution in [0.3, 0.4) is 0 Å². The van der Waals surface area contributed by atoms with E-state index in [-0.39, 0.29) is 16.7 Å². The Labute approximate surface area is 208 Å². The van der Waals surface area contributed by atoms with Crippen molar-refractivity contribution in [2.45, 2.75) is 26.3 Å². The molecule has 1 aromatic heterocycles. The number of carboxylic acid groups (broad SMARTS) is 2. The van der Waals surface area contributed by atoms with Crippen LogP contribution >= 0.6 is 0 Å². The Bertz CT molecular complexity index is 1210. The van der Waals surface area contributed by atoms with Crippen LogP contribution in [0.15, 0.2) is 52.2 Å². The van der Waals surface area contributed by atoms with Gasteiger partial charge < -0.3 is 24.8 Å². The summed E-state index contributed by atoms with van der Waals surface area (Å²) in [6.07, 6.45) is 4.75. The van der Waals surface area contributed by atoms with Crippen LogP contribution in [0.1, 0.15) is 18.4 Å². The van der Waals surface area contributed by atoms with E-state index < -0.39 is 11.9 Å². The molecule has 2 aliphatic rings. The topological polar surface area (TPSA) is 145 Å². The van der Waals surface area contributed by atoms with Crippen LogP contribution in [0.5, 0.6) is 5.75 Å². The molecule has 2 aromatic rings. The molecule has 11 nitrogen and oxygen atoms in total. The van der Waals surface area contributed by atoms with Crippen LogP contribution in [0.25, 0.3) is 0 Å². The van der Waals surface area contributed by atoms with Crippen LogP contribution < -0.4 is 20.9 Å². The monoisotopic (exact) mass is 500 g/mol. The van der Waals surface area contributed by atoms with Crippen LogP contribution in [0.2, 0.25) is 0 Å². The summed E-state index contributed by atoms with van der Waals surface area (Å²) >= 11 is 0. The number of methoxy groups -OCH3 is 1. The zero-order valence-corrected chi connectivity index (χ0v) is 20.5. The van der Waals surface area contributed by atoms with Crippen molar-refractivity contribution in [3.05, 3.63) is 69.0 Å². The standard InChI is InChI=1S/C21H28N4O3.C4H4O4/c1-16-13-22-20(27)25(19(16)26)15-21(7-8-21)14-23-9-11-24(12-10-23)17-5-3-4-6-18(17)28-2;5-3(6)1-2-4(7)8/h3-6,13H,7-12,14-15H2,1-2H3,(H,22,27);1-2H,(H,5,6)(H,7,8). The fourth-order valence-corrected chi connectivity index (χ4v) is 4.29. The number of H-pyrrole nitrogens is 1. The van der Waals surface area contributed by atoms with Crippen molar-refractivity contribution in [3.63, 3.8) is 0 Å². The van der Waals surface area contributed by atoms with Crippen molar-refractivity contribution in [2.75, 3.05) is 44.7 Å². The Kier molecular flexibility index (Phi) is 8.70. The number of aromatic nitrogens is 2. The molecule has 1 aliphatic heterocycles. The number of carboxylic acids is 2. The lowest BCUT2D eigenvalue weighted by Crippen LogP contribution is -2.49. The Morgan fingerprint density at radius 1 is 1.03 bits per heavy atom. The fourth-order valence-electron chi connectivity index (χ4n) is 4.29. The molecule has 0 amide bonds. The second kappa shape index (κ2) is 11.7. The van der Waals surface area contributed by atoms with Gasteiger partial charge in [-0.2, -0.15) is 0 Å². The van der Waals surface area contributed by atoms with Crippen LogP contribution in [-0.2, 0) is 16.1 Å². The molecule has 11 heteroatoms. The molecule has 1 aliphatic carbocycles. The minimum absolute atomic E-state index is 0.0528. The third kappa shape index (κ3) is 7.08. The Hall–Kier alpha value is -3.86. The maximum absolute atomic E-state index is 12.4. The van der Waals surface area contributed by atoms with Crippen molar-refractivity contribution in [1.29, 1.82) is 0 Å². The van der Waals surface area contributed by atoms with Gasteiger partial charge in [0.1, 0.15) is 5.75 Å². The molecule has 1 saturated carbocycles. The lowest BCUT2D eigenvalue weighted by atomic mass is 10.1. The van der Waals surface area contributed by atoms with Crippen molar-refractivity contribution >= 4 is 17.6 Å². The van der Waals surface area contributed by atoms with Crippen molar-refractivity contribution in [1.82, 2.24) is 14.5 Å². The van der Waals surface area contributed by atoms with Gasteiger partial charge >= 0.3 is 17.6 Å². The number of carbonyl (C=O) groups is 2. The number of aliphatic carboxylic acids is 2. The minimum Gasteiger partial charge on any atom is -0.495 e. The highest BCUT2D eigenvalue weighted by molar-refractivity contribution is 5.89. The predicted octanol–water partition coefficient (Wildman–Crippen LogP) is 1.17. The average molecular weight is 501 g/mol. The Morgan fingerprint density at radius 3 is 2.19 bits per heavy atom. The van der Waals surface area contributed by atoms with Gasteiger partial charge in [-0.1, -0.05) is 12.1 Å². The van der Waals surface area contributed by atoms with Gasteiger partial charge in [0.15, 0.2) is 0 Å². The summed E-state index contributed by atoms with van der Waals surface area (Å²) in [6.45, 7) is 7.02. The number of aromatic amines is 1. The highest BCUT2D eigenvalue weighted by Gasteiger charge is 2.45. The number of para-hydroxylation sites is 2. The molecule has 36 heavy (non-hydrogen) atoms. The number of anilines is 1. The molecule has 0 spiro atoms. The number of benzene rings is 1. The first-order valence-corrected chi connectivity index (χ1v) is 11.7. The van der Waals surface area contributed by atoms with E-state index >= 15 is 0 Å². The Balaban J connectivity index is 0.000000392. The third-order valence-electron chi connectivity index (χ3n) is 6.42. The maximum atomic E-state index is 12.4. The fraction of sp³-hybridized carbons (Fsp3) is 0.440. The van der Waals surface area contributed by atoms with Crippen molar-refractivity contribution in [2.24, 2.45) is 5.41 Å². The lowest BCUT2D eigenvalue weighted by Gasteiger charge is -2.38. The smallest absolute Gasteiger partial charge is 0.328 e. The molecule has 0 radical (unpaired) electrons. The van der Waals surface area contributed by atoms with Gasteiger partial charge in [0.05, 0.1) is 12.8 Å². The largest absolute Gasteiger partial charge is 0.495 e. The first kappa shape index (κ1) is 26.7. The third-order valence-corrected chi connectivity index (χ3v) is 6.42. The van der Waals surface area contributed by atoms with E-state index in [0.717, 1.165) is 57.0 Å². The number of ether oxygens (including phenoxy) is 1. The molecular weight excluding hydrogens is 468 g/mol. The van der Waals surface area contributed by atoms with Crippen molar-refractivity contribution < 1.29 is 24.5 Å². The molecule has 1 aromatic carbocycles. The second-order valence-electron chi connectivity index (χ2n) is 9.11. The van der Waals surface area contributed by atoms with Gasteiger partial charge in [-0.3, -0.25) is 14.3 Å². The number of hydrogen-bond acceptors (Lipinski definition) is 7. The molecule has 4 rings (SSSR count). The molecule has 194 valence electrons. The number of rotatable bonds is 8. The molecule has 2 heterocycles. The first-order valence-electron chi connectivity index (χ1n) is 11.7. The summed E-state index contributed by atoms with van der Waals surface area (Å²) in [4.78, 5) is 51.1. The predicted molar refractivity (Wildman–Crippen MR) is 134 cm³/mol. The van der Waals surface area contributed by atoms with Gasteiger partial charge in [0.25, 0.3) is 5.56 Å². The minimum atomic E-state index is -1.26. The summed E-state index contributed by atoms with van der Waals surface area (Å²) in [5.74, 6) is -1.60. The molecule has 2 fully saturated rings. The quantitative estimate of drug-likeness (QED) is 0.455. The number of nitrogens with one attached hydrogen (secondary N) is 1. The van der Waals surface area contributed by atoms with E-state index in [1.54, 1.807) is 14.0 Å². The zero-order valence-electron chi connectivity index (χ0n) is 20.5. The van der Waals surface area contributed by atoms with E-state index in [1.165, 1.54) is 10.8 Å².